The number of nitrogens with two attached hydrogens (primary N) is 2. The number of carboxylic acids is 3. The summed E-state index contributed by atoms with van der Waals surface area (Å²) in [6.07, 6.45) is -1.89. The zero-order chi connectivity index (χ0) is 19.7. The lowest BCUT2D eigenvalue weighted by atomic mass is 10.2. The zero-order valence-electron chi connectivity index (χ0n) is 13.5. The van der Waals surface area contributed by atoms with Gasteiger partial charge in [-0.05, 0) is 13.3 Å². The molecule has 0 saturated carbocycles. The molecule has 0 fully saturated rings. The van der Waals surface area contributed by atoms with E-state index < -0.39 is 36.2 Å². The van der Waals surface area contributed by atoms with Crippen molar-refractivity contribution in [3.63, 3.8) is 0 Å². The van der Waals surface area contributed by atoms with E-state index in [0.29, 0.717) is 0 Å². The van der Waals surface area contributed by atoms with Crippen LogP contribution in [0.4, 0.5) is 0 Å². The molecule has 0 aliphatic rings. The molecule has 3 atom stereocenters. The van der Waals surface area contributed by atoms with Gasteiger partial charge in [0.25, 0.3) is 5.97 Å². The first-order valence-electron chi connectivity index (χ1n) is 6.23. The van der Waals surface area contributed by atoms with Gasteiger partial charge in [-0.1, -0.05) is 6.92 Å². The van der Waals surface area contributed by atoms with Crippen LogP contribution in [0.2, 0.25) is 0 Å². The molecule has 0 radical (unpaired) electrons. The number of primary amides is 1. The van der Waals surface area contributed by atoms with Gasteiger partial charge in [0.05, 0.1) is 6.10 Å². The molecule has 9 N–H and O–H groups in total. The summed E-state index contributed by atoms with van der Waals surface area (Å²) >= 11 is 0. The molecule has 11 nitrogen and oxygen atoms in total. The Balaban J connectivity index is -0.000000110. The summed E-state index contributed by atoms with van der Waals surface area (Å²) in [6.45, 7) is 5.33. The maximum absolute atomic E-state index is 9.86. The molecular formula is C12H26N2O9. The second-order valence-corrected chi connectivity index (χ2v) is 4.00. The molecule has 0 heterocycles. The first kappa shape index (κ1) is 28.9. The van der Waals surface area contributed by atoms with E-state index in [1.165, 1.54) is 13.8 Å². The number of carboxylic acid groups (broad SMARTS) is 3. The minimum absolute atomic E-state index is 0.273. The Morgan fingerprint density at radius 1 is 0.957 bits per heavy atom. The molecule has 0 aromatic heterocycles. The van der Waals surface area contributed by atoms with E-state index in [1.807, 2.05) is 0 Å². The summed E-state index contributed by atoms with van der Waals surface area (Å²) in [4.78, 5) is 37.8. The van der Waals surface area contributed by atoms with Crippen LogP contribution in [0.5, 0.6) is 0 Å². The Morgan fingerprint density at radius 2 is 1.22 bits per heavy atom. The van der Waals surface area contributed by atoms with Crippen molar-refractivity contribution < 1.29 is 44.7 Å². The van der Waals surface area contributed by atoms with Crippen molar-refractivity contribution in [1.82, 2.24) is 0 Å². The molecule has 0 rings (SSSR count). The van der Waals surface area contributed by atoms with E-state index >= 15 is 0 Å². The average Bonchev–Trinajstić information content (AvgIpc) is 2.35. The topological polar surface area (TPSA) is 221 Å². The number of hydrogen-bond donors (Lipinski definition) is 7. The second-order valence-electron chi connectivity index (χ2n) is 4.00. The van der Waals surface area contributed by atoms with Crippen molar-refractivity contribution in [1.29, 1.82) is 0 Å². The lowest BCUT2D eigenvalue weighted by molar-refractivity contribution is -0.146. The van der Waals surface area contributed by atoms with Crippen LogP contribution in [-0.2, 0) is 19.2 Å². The quantitative estimate of drug-likeness (QED) is 0.303. The van der Waals surface area contributed by atoms with Gasteiger partial charge in [0, 0.05) is 13.8 Å². The van der Waals surface area contributed by atoms with Gasteiger partial charge in [-0.25, -0.2) is 4.79 Å². The van der Waals surface area contributed by atoms with Crippen molar-refractivity contribution in [3.05, 3.63) is 0 Å². The Morgan fingerprint density at radius 3 is 1.22 bits per heavy atom. The van der Waals surface area contributed by atoms with Gasteiger partial charge < -0.3 is 37.0 Å². The van der Waals surface area contributed by atoms with Gasteiger partial charge in [0.15, 0.2) is 6.10 Å². The average molecular weight is 342 g/mol. The molecule has 0 aliphatic carbocycles. The monoisotopic (exact) mass is 342 g/mol. The lowest BCUT2D eigenvalue weighted by Gasteiger charge is -2.06. The van der Waals surface area contributed by atoms with E-state index in [1.54, 1.807) is 6.92 Å². The van der Waals surface area contributed by atoms with Crippen LogP contribution in [0.15, 0.2) is 0 Å². The molecule has 0 bridgehead atoms. The van der Waals surface area contributed by atoms with Gasteiger partial charge in [-0.15, -0.1) is 0 Å². The van der Waals surface area contributed by atoms with Gasteiger partial charge in [-0.3, -0.25) is 14.4 Å². The van der Waals surface area contributed by atoms with Crippen molar-refractivity contribution in [2.45, 2.75) is 52.4 Å². The fourth-order valence-electron chi connectivity index (χ4n) is 0.381. The Kier molecular flexibility index (Phi) is 22.3. The van der Waals surface area contributed by atoms with Crippen molar-refractivity contribution in [2.75, 3.05) is 0 Å². The van der Waals surface area contributed by atoms with Crippen LogP contribution in [0.1, 0.15) is 34.1 Å². The maximum Gasteiger partial charge on any atom is 0.332 e. The SMILES string of the molecule is CC(=O)O.CC(N)=O.CC(O)C(N)C(=O)O.CCC(O)C(=O)O. The summed E-state index contributed by atoms with van der Waals surface area (Å²) in [5.74, 6) is -3.50. The van der Waals surface area contributed by atoms with Crippen LogP contribution in [0, 0.1) is 0 Å². The van der Waals surface area contributed by atoms with Gasteiger partial charge in [-0.2, -0.15) is 0 Å². The van der Waals surface area contributed by atoms with E-state index in [2.05, 4.69) is 5.73 Å². The van der Waals surface area contributed by atoms with Crippen molar-refractivity contribution >= 4 is 23.8 Å². The largest absolute Gasteiger partial charge is 0.481 e. The molecule has 23 heavy (non-hydrogen) atoms. The van der Waals surface area contributed by atoms with Crippen molar-refractivity contribution in [3.8, 4) is 0 Å². The number of rotatable bonds is 4. The molecule has 1 amide bonds. The van der Waals surface area contributed by atoms with Crippen LogP contribution in [0.3, 0.4) is 0 Å². The number of carbonyl (C=O) groups is 4. The molecule has 0 saturated heterocycles. The molecule has 11 heteroatoms. The normalized spacial score (nSPS) is 12.3. The Hall–Kier alpha value is -2.24. The number of hydrogen-bond acceptors (Lipinski definition) is 7. The third-order valence-corrected chi connectivity index (χ3v) is 1.48. The number of aliphatic hydroxyl groups excluding tert-OH is 2. The summed E-state index contributed by atoms with van der Waals surface area (Å²) in [6, 6.07) is -1.16. The Labute approximate surface area is 133 Å². The molecule has 0 spiro atoms. The van der Waals surface area contributed by atoms with Gasteiger partial charge >= 0.3 is 11.9 Å². The van der Waals surface area contributed by atoms with Crippen LogP contribution < -0.4 is 11.5 Å². The molecule has 3 unspecified atom stereocenters. The van der Waals surface area contributed by atoms with E-state index in [0.717, 1.165) is 6.92 Å². The Bertz CT molecular complexity index is 338. The third-order valence-electron chi connectivity index (χ3n) is 1.48. The standard InChI is InChI=1S/C4H9NO3.C4H8O3.C2H5NO.C2H4O2/c1-2(6)3(5)4(7)8;1-2-3(5)4(6)7;2*1-2(3)4/h2-3,6H,5H2,1H3,(H,7,8);3,5H,2H2,1H3,(H,6,7);1H3,(H2,3,4);1H3,(H,3,4). The summed E-state index contributed by atoms with van der Waals surface area (Å²) in [5.41, 5.74) is 9.38. The van der Waals surface area contributed by atoms with E-state index in [9.17, 15) is 14.4 Å². The number of aliphatic carboxylic acids is 3. The second kappa shape index (κ2) is 17.8. The summed E-state index contributed by atoms with van der Waals surface area (Å²) < 4.78 is 0. The fraction of sp³-hybridized carbons (Fsp3) is 0.667. The van der Waals surface area contributed by atoms with Gasteiger partial charge in [0.2, 0.25) is 5.91 Å². The zero-order valence-corrected chi connectivity index (χ0v) is 13.5. The molecule has 0 aliphatic heterocycles. The summed E-state index contributed by atoms with van der Waals surface area (Å²) in [5, 5.41) is 40.2. The predicted molar refractivity (Wildman–Crippen MR) is 79.4 cm³/mol. The highest BCUT2D eigenvalue weighted by Crippen LogP contribution is 1.86. The molecule has 138 valence electrons. The first-order valence-corrected chi connectivity index (χ1v) is 6.23. The minimum Gasteiger partial charge on any atom is -0.481 e. The van der Waals surface area contributed by atoms with Crippen molar-refractivity contribution in [2.24, 2.45) is 11.5 Å². The minimum atomic E-state index is -1.18. The highest BCUT2D eigenvalue weighted by atomic mass is 16.4. The van der Waals surface area contributed by atoms with Gasteiger partial charge in [0.1, 0.15) is 6.04 Å². The summed E-state index contributed by atoms with van der Waals surface area (Å²) in [7, 11) is 0. The smallest absolute Gasteiger partial charge is 0.332 e. The first-order chi connectivity index (χ1) is 10.2. The highest BCUT2D eigenvalue weighted by molar-refractivity contribution is 5.73. The number of amides is 1. The van der Waals surface area contributed by atoms with Crippen LogP contribution >= 0.6 is 0 Å². The predicted octanol–water partition coefficient (Wildman–Crippen LogP) is -1.80. The lowest BCUT2D eigenvalue weighted by Crippen LogP contribution is -2.39. The fourth-order valence-corrected chi connectivity index (χ4v) is 0.381. The van der Waals surface area contributed by atoms with Crippen LogP contribution in [0.25, 0.3) is 0 Å². The number of carbonyl (C=O) groups excluding carboxylic acids is 1. The van der Waals surface area contributed by atoms with Crippen LogP contribution in [-0.4, -0.2) is 67.6 Å². The van der Waals surface area contributed by atoms with E-state index in [-0.39, 0.29) is 12.3 Å². The molecule has 0 aromatic carbocycles. The number of aliphatic hydroxyl groups is 2. The highest BCUT2D eigenvalue weighted by Gasteiger charge is 2.16. The molecular weight excluding hydrogens is 316 g/mol. The molecule has 0 aromatic rings. The maximum atomic E-state index is 9.86. The third kappa shape index (κ3) is 45.1. The van der Waals surface area contributed by atoms with E-state index in [4.69, 9.17) is 36.1 Å².